The molecule has 1 saturated heterocycles. The van der Waals surface area contributed by atoms with E-state index < -0.39 is 0 Å². The Bertz CT molecular complexity index is 389. The number of nitrogens with one attached hydrogen (secondary N) is 1. The van der Waals surface area contributed by atoms with Gasteiger partial charge < -0.3 is 15.1 Å². The summed E-state index contributed by atoms with van der Waals surface area (Å²) in [6.07, 6.45) is 23.1. The predicted molar refractivity (Wildman–Crippen MR) is 140 cm³/mol. The van der Waals surface area contributed by atoms with E-state index >= 15 is 0 Å². The Kier molecular flexibility index (Phi) is 20.4. The van der Waals surface area contributed by atoms with Gasteiger partial charge in [-0.05, 0) is 25.8 Å². The van der Waals surface area contributed by atoms with Crippen LogP contribution < -0.4 is 5.32 Å². The van der Waals surface area contributed by atoms with Gasteiger partial charge in [0.15, 0.2) is 0 Å². The Morgan fingerprint density at radius 2 is 1.09 bits per heavy atom. The summed E-state index contributed by atoms with van der Waals surface area (Å²) in [4.78, 5) is 17.7. The lowest BCUT2D eigenvalue weighted by molar-refractivity contribution is -0.131. The van der Waals surface area contributed by atoms with E-state index in [4.69, 9.17) is 0 Å². The molecule has 0 unspecified atom stereocenters. The number of piperazine rings is 1. The number of carbonyl (C=O) groups is 1. The van der Waals surface area contributed by atoms with Crippen molar-refractivity contribution in [2.75, 3.05) is 45.8 Å². The lowest BCUT2D eigenvalue weighted by atomic mass is 10.1. The van der Waals surface area contributed by atoms with E-state index in [2.05, 4.69) is 29.0 Å². The summed E-state index contributed by atoms with van der Waals surface area (Å²) in [7, 11) is 0. The maximum absolute atomic E-state index is 13.0. The van der Waals surface area contributed by atoms with E-state index in [1.165, 1.54) is 103 Å². The number of unbranched alkanes of at least 4 members (excludes halogenated alkanes) is 14. The fourth-order valence-corrected chi connectivity index (χ4v) is 4.78. The molecule has 0 aromatic carbocycles. The second-order valence-electron chi connectivity index (χ2n) is 10.0. The highest BCUT2D eigenvalue weighted by atomic mass is 16.2. The second-order valence-corrected chi connectivity index (χ2v) is 10.0. The van der Waals surface area contributed by atoms with Crippen LogP contribution in [0, 0.1) is 0 Å². The highest BCUT2D eigenvalue weighted by Gasteiger charge is 2.14. The molecule has 0 spiro atoms. The smallest absolute Gasteiger partial charge is 0.222 e. The van der Waals surface area contributed by atoms with Crippen molar-refractivity contribution in [1.82, 2.24) is 15.1 Å². The molecule has 0 atom stereocenters. The fourth-order valence-electron chi connectivity index (χ4n) is 4.78. The Labute approximate surface area is 201 Å². The number of hydrogen-bond donors (Lipinski definition) is 1. The first kappa shape index (κ1) is 29.4. The Balaban J connectivity index is 2.22. The SMILES string of the molecule is CCCCCCCCCCN(CCCCCCCCCC)C(=O)CCCN1CCNCC1. The molecule has 4 heteroatoms. The Morgan fingerprint density at radius 3 is 1.56 bits per heavy atom. The molecule has 4 nitrogen and oxygen atoms in total. The molecule has 1 aliphatic heterocycles. The zero-order valence-electron chi connectivity index (χ0n) is 22.0. The molecule has 0 saturated carbocycles. The van der Waals surface area contributed by atoms with Crippen molar-refractivity contribution in [3.05, 3.63) is 0 Å². The molecule has 1 amide bonds. The molecule has 0 aromatic rings. The first-order valence-corrected chi connectivity index (χ1v) is 14.5. The molecule has 0 aliphatic carbocycles. The molecule has 190 valence electrons. The number of rotatable bonds is 22. The molecule has 32 heavy (non-hydrogen) atoms. The summed E-state index contributed by atoms with van der Waals surface area (Å²) in [6.45, 7) is 12.1. The molecule has 0 radical (unpaired) electrons. The molecule has 1 rings (SSSR count). The lowest BCUT2D eigenvalue weighted by Gasteiger charge is -2.28. The van der Waals surface area contributed by atoms with Crippen molar-refractivity contribution in [1.29, 1.82) is 0 Å². The maximum atomic E-state index is 13.0. The molecule has 1 heterocycles. The summed E-state index contributed by atoms with van der Waals surface area (Å²) >= 11 is 0. The van der Waals surface area contributed by atoms with Crippen LogP contribution in [-0.4, -0.2) is 61.5 Å². The summed E-state index contributed by atoms with van der Waals surface area (Å²) < 4.78 is 0. The molecular formula is C28H57N3O. The minimum absolute atomic E-state index is 0.408. The van der Waals surface area contributed by atoms with Crippen LogP contribution in [0.5, 0.6) is 0 Å². The third-order valence-electron chi connectivity index (χ3n) is 6.99. The van der Waals surface area contributed by atoms with Crippen LogP contribution in [0.2, 0.25) is 0 Å². The van der Waals surface area contributed by atoms with Crippen molar-refractivity contribution in [3.8, 4) is 0 Å². The van der Waals surface area contributed by atoms with Gasteiger partial charge in [0.2, 0.25) is 5.91 Å². The van der Waals surface area contributed by atoms with E-state index in [0.29, 0.717) is 5.91 Å². The third-order valence-corrected chi connectivity index (χ3v) is 6.99. The number of amides is 1. The van der Waals surface area contributed by atoms with Gasteiger partial charge in [0.25, 0.3) is 0 Å². The van der Waals surface area contributed by atoms with Crippen LogP contribution >= 0.6 is 0 Å². The zero-order chi connectivity index (χ0) is 23.1. The maximum Gasteiger partial charge on any atom is 0.222 e. The third kappa shape index (κ3) is 16.9. The average molecular weight is 452 g/mol. The van der Waals surface area contributed by atoms with Gasteiger partial charge >= 0.3 is 0 Å². The average Bonchev–Trinajstić information content (AvgIpc) is 2.81. The summed E-state index contributed by atoms with van der Waals surface area (Å²) in [5.74, 6) is 0.408. The fraction of sp³-hybridized carbons (Fsp3) is 0.964. The molecule has 1 N–H and O–H groups in total. The molecule has 1 fully saturated rings. The van der Waals surface area contributed by atoms with Gasteiger partial charge in [0, 0.05) is 45.7 Å². The van der Waals surface area contributed by atoms with Crippen LogP contribution in [0.3, 0.4) is 0 Å². The van der Waals surface area contributed by atoms with Crippen molar-refractivity contribution < 1.29 is 4.79 Å². The van der Waals surface area contributed by atoms with Gasteiger partial charge in [0.05, 0.1) is 0 Å². The first-order valence-electron chi connectivity index (χ1n) is 14.5. The molecule has 0 bridgehead atoms. The van der Waals surface area contributed by atoms with Crippen LogP contribution in [0.4, 0.5) is 0 Å². The van der Waals surface area contributed by atoms with Crippen molar-refractivity contribution in [2.45, 2.75) is 129 Å². The highest BCUT2D eigenvalue weighted by Crippen LogP contribution is 2.12. The van der Waals surface area contributed by atoms with Gasteiger partial charge in [-0.15, -0.1) is 0 Å². The van der Waals surface area contributed by atoms with E-state index in [1.54, 1.807) is 0 Å². The largest absolute Gasteiger partial charge is 0.343 e. The molecule has 1 aliphatic rings. The molecule has 0 aromatic heterocycles. The number of hydrogen-bond acceptors (Lipinski definition) is 3. The van der Waals surface area contributed by atoms with E-state index in [0.717, 1.165) is 58.7 Å². The normalized spacial score (nSPS) is 14.7. The lowest BCUT2D eigenvalue weighted by Crippen LogP contribution is -2.44. The summed E-state index contributed by atoms with van der Waals surface area (Å²) in [6, 6.07) is 0. The standard InChI is InChI=1S/C28H57N3O/c1-3-5-7-9-11-13-15-17-24-31(25-18-16-14-12-10-8-6-4-2)28(32)20-19-23-30-26-21-29-22-27-30/h29H,3-27H2,1-2H3. The number of nitrogens with zero attached hydrogens (tertiary/aromatic N) is 2. The van der Waals surface area contributed by atoms with Gasteiger partial charge in [-0.25, -0.2) is 0 Å². The van der Waals surface area contributed by atoms with E-state index in [-0.39, 0.29) is 0 Å². The summed E-state index contributed by atoms with van der Waals surface area (Å²) in [5, 5.41) is 3.41. The minimum Gasteiger partial charge on any atom is -0.343 e. The predicted octanol–water partition coefficient (Wildman–Crippen LogP) is 6.78. The first-order chi connectivity index (χ1) is 15.8. The molecular weight excluding hydrogens is 394 g/mol. The van der Waals surface area contributed by atoms with E-state index in [9.17, 15) is 4.79 Å². The van der Waals surface area contributed by atoms with Gasteiger partial charge in [-0.1, -0.05) is 104 Å². The van der Waals surface area contributed by atoms with Crippen molar-refractivity contribution >= 4 is 5.91 Å². The zero-order valence-corrected chi connectivity index (χ0v) is 22.0. The van der Waals surface area contributed by atoms with Gasteiger partial charge in [0.1, 0.15) is 0 Å². The van der Waals surface area contributed by atoms with Crippen LogP contribution in [-0.2, 0) is 4.79 Å². The minimum atomic E-state index is 0.408. The number of carbonyl (C=O) groups excluding carboxylic acids is 1. The van der Waals surface area contributed by atoms with Crippen LogP contribution in [0.25, 0.3) is 0 Å². The highest BCUT2D eigenvalue weighted by molar-refractivity contribution is 5.76. The van der Waals surface area contributed by atoms with Crippen molar-refractivity contribution in [3.63, 3.8) is 0 Å². The Morgan fingerprint density at radius 1 is 0.656 bits per heavy atom. The van der Waals surface area contributed by atoms with Gasteiger partial charge in [-0.3, -0.25) is 4.79 Å². The second kappa shape index (κ2) is 22.2. The van der Waals surface area contributed by atoms with Crippen molar-refractivity contribution in [2.24, 2.45) is 0 Å². The van der Waals surface area contributed by atoms with E-state index in [1.807, 2.05) is 0 Å². The quantitative estimate of drug-likeness (QED) is 0.184. The van der Waals surface area contributed by atoms with Gasteiger partial charge in [-0.2, -0.15) is 0 Å². The van der Waals surface area contributed by atoms with Crippen LogP contribution in [0.1, 0.15) is 129 Å². The Hall–Kier alpha value is -0.610. The topological polar surface area (TPSA) is 35.6 Å². The monoisotopic (exact) mass is 451 g/mol. The summed E-state index contributed by atoms with van der Waals surface area (Å²) in [5.41, 5.74) is 0. The van der Waals surface area contributed by atoms with Crippen LogP contribution in [0.15, 0.2) is 0 Å².